The molecule has 8 nitrogen and oxygen atoms in total. The lowest BCUT2D eigenvalue weighted by atomic mass is 10.1. The van der Waals surface area contributed by atoms with E-state index in [1.807, 2.05) is 17.5 Å². The number of nitrogens with zero attached hydrogens (tertiary/aromatic N) is 4. The molecule has 0 fully saturated rings. The maximum atomic E-state index is 12.0. The Labute approximate surface area is 155 Å². The fourth-order valence-electron chi connectivity index (χ4n) is 2.58. The van der Waals surface area contributed by atoms with Crippen molar-refractivity contribution in [1.82, 2.24) is 20.5 Å². The highest BCUT2D eigenvalue weighted by Gasteiger charge is 2.21. The van der Waals surface area contributed by atoms with Gasteiger partial charge in [0.25, 0.3) is 5.91 Å². The predicted octanol–water partition coefficient (Wildman–Crippen LogP) is 2.24. The standard InChI is InChI=1S/C17H21N5O3S/c1-22-15(23)9-8-12(20-22)17(24)18-10-4-2-3-7-14-19-16(21-25-14)13-6-5-11-26-13/h5-6,11H,2-4,7-10H2,1H3,(H,18,24). The van der Waals surface area contributed by atoms with Crippen molar-refractivity contribution in [1.29, 1.82) is 0 Å². The second-order valence-corrected chi connectivity index (χ2v) is 6.97. The summed E-state index contributed by atoms with van der Waals surface area (Å²) in [5.41, 5.74) is 0.416. The number of amides is 2. The summed E-state index contributed by atoms with van der Waals surface area (Å²) in [6.45, 7) is 0.583. The lowest BCUT2D eigenvalue weighted by molar-refractivity contribution is -0.130. The van der Waals surface area contributed by atoms with Gasteiger partial charge in [-0.05, 0) is 24.3 Å². The molecule has 2 amide bonds. The molecule has 1 aliphatic heterocycles. The van der Waals surface area contributed by atoms with Crippen LogP contribution < -0.4 is 5.32 Å². The highest BCUT2D eigenvalue weighted by Crippen LogP contribution is 2.21. The molecule has 3 rings (SSSR count). The average molecular weight is 375 g/mol. The zero-order valence-corrected chi connectivity index (χ0v) is 15.4. The Kier molecular flexibility index (Phi) is 6.11. The van der Waals surface area contributed by atoms with Crippen LogP contribution >= 0.6 is 11.3 Å². The lowest BCUT2D eigenvalue weighted by Gasteiger charge is -2.18. The maximum Gasteiger partial charge on any atom is 0.267 e. The van der Waals surface area contributed by atoms with Gasteiger partial charge < -0.3 is 9.84 Å². The smallest absolute Gasteiger partial charge is 0.267 e. The van der Waals surface area contributed by atoms with E-state index in [0.29, 0.717) is 36.8 Å². The first-order valence-corrected chi connectivity index (χ1v) is 9.50. The third kappa shape index (κ3) is 4.75. The number of hydrogen-bond acceptors (Lipinski definition) is 7. The summed E-state index contributed by atoms with van der Waals surface area (Å²) in [5, 5.41) is 14.1. The van der Waals surface area contributed by atoms with Crippen molar-refractivity contribution in [3.8, 4) is 10.7 Å². The van der Waals surface area contributed by atoms with Crippen molar-refractivity contribution >= 4 is 28.9 Å². The SMILES string of the molecule is CN1N=C(C(=O)NCCCCCc2nc(-c3cccs3)no2)CCC1=O. The van der Waals surface area contributed by atoms with Crippen molar-refractivity contribution in [3.05, 3.63) is 23.4 Å². The van der Waals surface area contributed by atoms with Gasteiger partial charge in [0, 0.05) is 32.9 Å². The van der Waals surface area contributed by atoms with E-state index in [1.54, 1.807) is 18.4 Å². The summed E-state index contributed by atoms with van der Waals surface area (Å²) in [5.74, 6) is 1.02. The molecular formula is C17H21N5O3S. The topological polar surface area (TPSA) is 101 Å². The molecule has 0 spiro atoms. The molecule has 0 saturated carbocycles. The quantitative estimate of drug-likeness (QED) is 0.713. The van der Waals surface area contributed by atoms with Crippen LogP contribution in [0.3, 0.4) is 0 Å². The molecule has 1 aliphatic rings. The third-order valence-electron chi connectivity index (χ3n) is 4.03. The van der Waals surface area contributed by atoms with Gasteiger partial charge in [-0.1, -0.05) is 17.6 Å². The molecule has 2 aromatic rings. The van der Waals surface area contributed by atoms with Gasteiger partial charge in [-0.15, -0.1) is 11.3 Å². The summed E-state index contributed by atoms with van der Waals surface area (Å²) < 4.78 is 5.26. The van der Waals surface area contributed by atoms with E-state index in [4.69, 9.17) is 4.52 Å². The minimum absolute atomic E-state index is 0.0650. The van der Waals surface area contributed by atoms with Crippen LogP contribution in [0.2, 0.25) is 0 Å². The molecule has 0 unspecified atom stereocenters. The highest BCUT2D eigenvalue weighted by atomic mass is 32.1. The van der Waals surface area contributed by atoms with Crippen molar-refractivity contribution in [2.75, 3.05) is 13.6 Å². The number of unbranched alkanes of at least 4 members (excludes halogenated alkanes) is 2. The number of carbonyl (C=O) groups is 2. The second-order valence-electron chi connectivity index (χ2n) is 6.02. The van der Waals surface area contributed by atoms with Crippen LogP contribution in [0.4, 0.5) is 0 Å². The molecule has 9 heteroatoms. The number of aromatic nitrogens is 2. The first-order chi connectivity index (χ1) is 12.6. The zero-order chi connectivity index (χ0) is 18.4. The second kappa shape index (κ2) is 8.70. The highest BCUT2D eigenvalue weighted by molar-refractivity contribution is 7.13. The Morgan fingerprint density at radius 1 is 1.35 bits per heavy atom. The number of rotatable bonds is 8. The normalized spacial score (nSPS) is 14.4. The summed E-state index contributed by atoms with van der Waals surface area (Å²) in [6, 6.07) is 3.92. The van der Waals surface area contributed by atoms with Crippen molar-refractivity contribution in [2.45, 2.75) is 38.5 Å². The van der Waals surface area contributed by atoms with Crippen LogP contribution in [0.5, 0.6) is 0 Å². The van der Waals surface area contributed by atoms with E-state index in [-0.39, 0.29) is 11.8 Å². The van der Waals surface area contributed by atoms with Gasteiger partial charge in [0.15, 0.2) is 0 Å². The van der Waals surface area contributed by atoms with Crippen molar-refractivity contribution in [3.63, 3.8) is 0 Å². The van der Waals surface area contributed by atoms with Crippen LogP contribution in [0.1, 0.15) is 38.0 Å². The van der Waals surface area contributed by atoms with E-state index >= 15 is 0 Å². The number of aryl methyl sites for hydroxylation is 1. The number of carbonyl (C=O) groups excluding carboxylic acids is 2. The molecule has 0 saturated heterocycles. The minimum atomic E-state index is -0.193. The minimum Gasteiger partial charge on any atom is -0.351 e. The lowest BCUT2D eigenvalue weighted by Crippen LogP contribution is -2.37. The third-order valence-corrected chi connectivity index (χ3v) is 4.90. The molecule has 0 bridgehead atoms. The molecular weight excluding hydrogens is 354 g/mol. The average Bonchev–Trinajstić information content (AvgIpc) is 3.31. The molecule has 3 heterocycles. The van der Waals surface area contributed by atoms with Gasteiger partial charge in [-0.3, -0.25) is 9.59 Å². The van der Waals surface area contributed by atoms with Gasteiger partial charge in [-0.25, -0.2) is 5.01 Å². The van der Waals surface area contributed by atoms with Crippen LogP contribution in [0, 0.1) is 0 Å². The van der Waals surface area contributed by atoms with Gasteiger partial charge >= 0.3 is 0 Å². The van der Waals surface area contributed by atoms with E-state index in [2.05, 4.69) is 20.6 Å². The van der Waals surface area contributed by atoms with Crippen molar-refractivity contribution < 1.29 is 14.1 Å². The Balaban J connectivity index is 1.32. The van der Waals surface area contributed by atoms with Crippen LogP contribution in [0.15, 0.2) is 27.1 Å². The summed E-state index contributed by atoms with van der Waals surface area (Å²) >= 11 is 1.58. The van der Waals surface area contributed by atoms with Gasteiger partial charge in [-0.2, -0.15) is 10.1 Å². The number of thiophene rings is 1. The van der Waals surface area contributed by atoms with E-state index < -0.39 is 0 Å². The van der Waals surface area contributed by atoms with E-state index in [9.17, 15) is 9.59 Å². The molecule has 0 aliphatic carbocycles. The summed E-state index contributed by atoms with van der Waals surface area (Å²) in [7, 11) is 1.57. The molecule has 0 aromatic carbocycles. The van der Waals surface area contributed by atoms with E-state index in [1.165, 1.54) is 5.01 Å². The predicted molar refractivity (Wildman–Crippen MR) is 97.6 cm³/mol. The zero-order valence-electron chi connectivity index (χ0n) is 14.6. The molecule has 138 valence electrons. The molecule has 1 N–H and O–H groups in total. The maximum absolute atomic E-state index is 12.0. The number of hydrogen-bond donors (Lipinski definition) is 1. The van der Waals surface area contributed by atoms with Crippen LogP contribution in [-0.4, -0.2) is 46.3 Å². The summed E-state index contributed by atoms with van der Waals surface area (Å²) in [6.07, 6.45) is 4.19. The first kappa shape index (κ1) is 18.2. The van der Waals surface area contributed by atoms with E-state index in [0.717, 1.165) is 30.6 Å². The summed E-state index contributed by atoms with van der Waals surface area (Å²) in [4.78, 5) is 28.7. The molecule has 26 heavy (non-hydrogen) atoms. The largest absolute Gasteiger partial charge is 0.351 e. The molecule has 2 aromatic heterocycles. The van der Waals surface area contributed by atoms with Crippen molar-refractivity contribution in [2.24, 2.45) is 5.10 Å². The fraction of sp³-hybridized carbons (Fsp3) is 0.471. The Morgan fingerprint density at radius 2 is 2.23 bits per heavy atom. The monoisotopic (exact) mass is 375 g/mol. The van der Waals surface area contributed by atoms with Gasteiger partial charge in [0.1, 0.15) is 5.71 Å². The van der Waals surface area contributed by atoms with Crippen LogP contribution in [-0.2, 0) is 16.0 Å². The van der Waals surface area contributed by atoms with Crippen LogP contribution in [0.25, 0.3) is 10.7 Å². The first-order valence-electron chi connectivity index (χ1n) is 8.62. The van der Waals surface area contributed by atoms with Gasteiger partial charge in [0.05, 0.1) is 4.88 Å². The Hall–Kier alpha value is -2.55. The number of hydrazone groups is 1. The van der Waals surface area contributed by atoms with Gasteiger partial charge in [0.2, 0.25) is 17.6 Å². The molecule has 0 atom stereocenters. The number of nitrogens with one attached hydrogen (secondary N) is 1. The molecule has 0 radical (unpaired) electrons. The fourth-order valence-corrected chi connectivity index (χ4v) is 3.23. The Morgan fingerprint density at radius 3 is 3.00 bits per heavy atom. The Bertz CT molecular complexity index is 784.